The van der Waals surface area contributed by atoms with Crippen LogP contribution in [0.25, 0.3) is 10.9 Å². The quantitative estimate of drug-likeness (QED) is 0.876. The number of rotatable bonds is 3. The molecule has 1 aromatic carbocycles. The van der Waals surface area contributed by atoms with Crippen LogP contribution in [0, 0.1) is 5.92 Å². The predicted molar refractivity (Wildman–Crippen MR) is 81.0 cm³/mol. The van der Waals surface area contributed by atoms with E-state index in [2.05, 4.69) is 15.1 Å². The molecule has 4 heterocycles. The minimum absolute atomic E-state index is 0.00708. The van der Waals surface area contributed by atoms with E-state index in [4.69, 9.17) is 9.47 Å². The minimum atomic E-state index is -0.349. The molecule has 0 spiro atoms. The number of hydrogen-bond acceptors (Lipinski definition) is 5. The molecule has 0 amide bonds. The molecule has 0 aliphatic carbocycles. The third-order valence-corrected chi connectivity index (χ3v) is 4.82. The lowest BCUT2D eigenvalue weighted by molar-refractivity contribution is -0.0458. The summed E-state index contributed by atoms with van der Waals surface area (Å²) in [5.41, 5.74) is 1.15. The predicted octanol–water partition coefficient (Wildman–Crippen LogP) is 1.82. The maximum absolute atomic E-state index is 12.5. The number of carbonyl (C=O) groups excluding carboxylic acids is 1. The molecule has 0 radical (unpaired) electrons. The lowest BCUT2D eigenvalue weighted by Gasteiger charge is -2.43. The highest BCUT2D eigenvalue weighted by molar-refractivity contribution is 6.02. The molecule has 116 valence electrons. The van der Waals surface area contributed by atoms with Gasteiger partial charge >= 0.3 is 5.97 Å². The van der Waals surface area contributed by atoms with Crippen molar-refractivity contribution < 1.29 is 14.3 Å². The average molecular weight is 301 g/mol. The topological polar surface area (TPSA) is 67.4 Å². The van der Waals surface area contributed by atoms with Crippen molar-refractivity contribution in [2.24, 2.45) is 5.92 Å². The van der Waals surface area contributed by atoms with Crippen LogP contribution in [0.2, 0.25) is 0 Å². The molecule has 3 fully saturated rings. The number of esters is 1. The first-order valence-electron chi connectivity index (χ1n) is 7.70. The van der Waals surface area contributed by atoms with E-state index in [0.29, 0.717) is 17.4 Å². The van der Waals surface area contributed by atoms with Gasteiger partial charge in [0, 0.05) is 11.9 Å². The van der Waals surface area contributed by atoms with Gasteiger partial charge in [-0.05, 0) is 50.0 Å². The monoisotopic (exact) mass is 301 g/mol. The Morgan fingerprint density at radius 3 is 2.86 bits per heavy atom. The number of piperidine rings is 3. The van der Waals surface area contributed by atoms with Gasteiger partial charge in [0.25, 0.3) is 0 Å². The van der Waals surface area contributed by atoms with E-state index in [0.717, 1.165) is 43.4 Å². The smallest absolute Gasteiger partial charge is 0.359 e. The minimum Gasteiger partial charge on any atom is -0.497 e. The summed E-state index contributed by atoms with van der Waals surface area (Å²) in [4.78, 5) is 14.9. The van der Waals surface area contributed by atoms with Gasteiger partial charge in [0.2, 0.25) is 0 Å². The van der Waals surface area contributed by atoms with Crippen LogP contribution in [0.15, 0.2) is 18.2 Å². The van der Waals surface area contributed by atoms with Crippen LogP contribution in [-0.2, 0) is 4.74 Å². The molecular weight excluding hydrogens is 282 g/mol. The van der Waals surface area contributed by atoms with Gasteiger partial charge in [-0.1, -0.05) is 0 Å². The highest BCUT2D eigenvalue weighted by atomic mass is 16.5. The average Bonchev–Trinajstić information content (AvgIpc) is 2.99. The number of nitrogens with zero attached hydrogens (tertiary/aromatic N) is 2. The molecule has 2 bridgehead atoms. The number of carbonyl (C=O) groups is 1. The second-order valence-corrected chi connectivity index (χ2v) is 6.07. The number of aromatic amines is 1. The number of nitrogens with one attached hydrogen (secondary N) is 1. The zero-order valence-corrected chi connectivity index (χ0v) is 12.5. The molecule has 0 unspecified atom stereocenters. The van der Waals surface area contributed by atoms with Crippen LogP contribution < -0.4 is 4.74 Å². The molecule has 3 aliphatic heterocycles. The highest BCUT2D eigenvalue weighted by Gasteiger charge is 2.37. The number of fused-ring (bicyclic) bond motifs is 4. The van der Waals surface area contributed by atoms with Crippen molar-refractivity contribution in [1.29, 1.82) is 0 Å². The Hall–Kier alpha value is -2.08. The molecule has 3 saturated heterocycles. The van der Waals surface area contributed by atoms with E-state index in [9.17, 15) is 4.79 Å². The molecule has 2 aromatic rings. The van der Waals surface area contributed by atoms with Crippen molar-refractivity contribution in [3.63, 3.8) is 0 Å². The van der Waals surface area contributed by atoms with Crippen LogP contribution in [0.4, 0.5) is 0 Å². The second-order valence-electron chi connectivity index (χ2n) is 6.07. The summed E-state index contributed by atoms with van der Waals surface area (Å²) in [6.45, 7) is 3.10. The van der Waals surface area contributed by atoms with Crippen LogP contribution >= 0.6 is 0 Å². The molecule has 6 nitrogen and oxygen atoms in total. The number of methoxy groups -OCH3 is 1. The fourth-order valence-electron chi connectivity index (χ4n) is 3.51. The maximum Gasteiger partial charge on any atom is 0.359 e. The molecule has 1 aromatic heterocycles. The normalized spacial score (nSPS) is 27.0. The van der Waals surface area contributed by atoms with Crippen LogP contribution in [0.5, 0.6) is 5.75 Å². The molecule has 22 heavy (non-hydrogen) atoms. The summed E-state index contributed by atoms with van der Waals surface area (Å²) in [5.74, 6) is 0.845. The van der Waals surface area contributed by atoms with Gasteiger partial charge in [-0.2, -0.15) is 5.10 Å². The van der Waals surface area contributed by atoms with E-state index in [1.807, 2.05) is 18.2 Å². The fraction of sp³-hybridized carbons (Fsp3) is 0.500. The van der Waals surface area contributed by atoms with E-state index < -0.39 is 0 Å². The molecule has 5 rings (SSSR count). The van der Waals surface area contributed by atoms with Gasteiger partial charge in [-0.25, -0.2) is 4.79 Å². The van der Waals surface area contributed by atoms with Gasteiger partial charge in [0.15, 0.2) is 5.69 Å². The lowest BCUT2D eigenvalue weighted by atomic mass is 9.86. The first-order valence-corrected chi connectivity index (χ1v) is 7.70. The Kier molecular flexibility index (Phi) is 3.26. The van der Waals surface area contributed by atoms with Crippen LogP contribution in [-0.4, -0.2) is 53.9 Å². The van der Waals surface area contributed by atoms with E-state index in [1.165, 1.54) is 0 Å². The van der Waals surface area contributed by atoms with Crippen molar-refractivity contribution in [2.75, 3.05) is 26.7 Å². The Morgan fingerprint density at radius 2 is 2.18 bits per heavy atom. The van der Waals surface area contributed by atoms with Crippen molar-refractivity contribution in [3.8, 4) is 5.75 Å². The van der Waals surface area contributed by atoms with Crippen LogP contribution in [0.3, 0.4) is 0 Å². The fourth-order valence-corrected chi connectivity index (χ4v) is 3.51. The summed E-state index contributed by atoms with van der Waals surface area (Å²) >= 11 is 0. The molecule has 3 aliphatic rings. The first-order chi connectivity index (χ1) is 10.7. The van der Waals surface area contributed by atoms with Crippen LogP contribution in [0.1, 0.15) is 23.3 Å². The summed E-state index contributed by atoms with van der Waals surface area (Å²) in [5, 5.41) is 7.75. The number of aromatic nitrogens is 2. The molecule has 6 heteroatoms. The van der Waals surface area contributed by atoms with Gasteiger partial charge in [0.05, 0.1) is 12.6 Å². The summed E-state index contributed by atoms with van der Waals surface area (Å²) in [6.07, 6.45) is 2.23. The Morgan fingerprint density at radius 1 is 1.36 bits per heavy atom. The number of benzene rings is 1. The highest BCUT2D eigenvalue weighted by Crippen LogP contribution is 2.30. The standard InChI is InChI=1S/C16H19N3O3/c1-21-11-2-3-13-12(8-11)15(18-17-13)16(20)22-14-9-19-6-4-10(14)5-7-19/h2-3,8,10,14H,4-7,9H2,1H3,(H,17,18)/t14-/m0/s1. The summed E-state index contributed by atoms with van der Waals surface area (Å²) in [6, 6.07) is 5.50. The SMILES string of the molecule is COc1ccc2[nH]nc(C(=O)O[C@H]3CN4CCC3CC4)c2c1. The first kappa shape index (κ1) is 13.6. The lowest BCUT2D eigenvalue weighted by Crippen LogP contribution is -2.51. The van der Waals surface area contributed by atoms with E-state index >= 15 is 0 Å². The van der Waals surface area contributed by atoms with Gasteiger partial charge in [0.1, 0.15) is 11.9 Å². The number of ether oxygens (including phenoxy) is 2. The molecule has 0 saturated carbocycles. The zero-order valence-electron chi connectivity index (χ0n) is 12.5. The molecular formula is C16H19N3O3. The molecule has 1 N–H and O–H groups in total. The van der Waals surface area contributed by atoms with Crippen molar-refractivity contribution >= 4 is 16.9 Å². The number of H-pyrrole nitrogens is 1. The van der Waals surface area contributed by atoms with Gasteiger partial charge in [-0.15, -0.1) is 0 Å². The van der Waals surface area contributed by atoms with E-state index in [1.54, 1.807) is 7.11 Å². The van der Waals surface area contributed by atoms with E-state index in [-0.39, 0.29) is 12.1 Å². The van der Waals surface area contributed by atoms with Crippen molar-refractivity contribution in [1.82, 2.24) is 15.1 Å². The Labute approximate surface area is 128 Å². The largest absolute Gasteiger partial charge is 0.497 e. The third kappa shape index (κ3) is 2.23. The third-order valence-electron chi connectivity index (χ3n) is 4.82. The zero-order chi connectivity index (χ0) is 15.1. The maximum atomic E-state index is 12.5. The Bertz CT molecular complexity index is 704. The van der Waals surface area contributed by atoms with Crippen molar-refractivity contribution in [3.05, 3.63) is 23.9 Å². The Balaban J connectivity index is 1.57. The number of hydrogen-bond donors (Lipinski definition) is 1. The van der Waals surface area contributed by atoms with Crippen molar-refractivity contribution in [2.45, 2.75) is 18.9 Å². The second kappa shape index (κ2) is 5.28. The summed E-state index contributed by atoms with van der Waals surface area (Å²) < 4.78 is 11.0. The molecule has 1 atom stereocenters. The van der Waals surface area contributed by atoms with Gasteiger partial charge in [-0.3, -0.25) is 10.00 Å². The summed E-state index contributed by atoms with van der Waals surface area (Å²) in [7, 11) is 1.60. The van der Waals surface area contributed by atoms with Gasteiger partial charge < -0.3 is 9.47 Å².